The van der Waals surface area contributed by atoms with E-state index < -0.39 is 10.0 Å². The summed E-state index contributed by atoms with van der Waals surface area (Å²) in [4.78, 5) is 15.6. The lowest BCUT2D eigenvalue weighted by molar-refractivity contribution is 0.398. The summed E-state index contributed by atoms with van der Waals surface area (Å²) in [6.45, 7) is 4.21. The first-order valence-corrected chi connectivity index (χ1v) is 12.2. The molecule has 0 saturated carbocycles. The summed E-state index contributed by atoms with van der Waals surface area (Å²) < 4.78 is 30.7. The third-order valence-electron chi connectivity index (χ3n) is 5.73. The first kappa shape index (κ1) is 21.5. The van der Waals surface area contributed by atoms with Gasteiger partial charge in [0.1, 0.15) is 12.1 Å². The molecule has 1 aliphatic rings. The zero-order chi connectivity index (χ0) is 22.0. The number of piperidine rings is 1. The van der Waals surface area contributed by atoms with Gasteiger partial charge in [-0.05, 0) is 60.6 Å². The maximum absolute atomic E-state index is 11.4. The minimum atomic E-state index is -3.16. The molecule has 0 radical (unpaired) electrons. The molecule has 1 aromatic carbocycles. The van der Waals surface area contributed by atoms with Crippen molar-refractivity contribution in [3.63, 3.8) is 0 Å². The average molecular weight is 442 g/mol. The van der Waals surface area contributed by atoms with Gasteiger partial charge in [-0.15, -0.1) is 0 Å². The lowest BCUT2D eigenvalue weighted by Crippen LogP contribution is -2.38. The number of nitrogens with zero attached hydrogens (tertiary/aromatic N) is 4. The highest BCUT2D eigenvalue weighted by molar-refractivity contribution is 7.88. The predicted molar refractivity (Wildman–Crippen MR) is 122 cm³/mol. The molecule has 3 aromatic rings. The predicted octanol–water partition coefficient (Wildman–Crippen LogP) is 2.77. The van der Waals surface area contributed by atoms with Crippen LogP contribution in [-0.2, 0) is 10.0 Å². The summed E-state index contributed by atoms with van der Waals surface area (Å²) in [5, 5.41) is 1.01. The first-order chi connectivity index (χ1) is 14.8. The number of hydrogen-bond donors (Lipinski definition) is 1. The van der Waals surface area contributed by atoms with E-state index in [1.807, 2.05) is 12.1 Å². The second-order valence-corrected chi connectivity index (χ2v) is 9.86. The van der Waals surface area contributed by atoms with Gasteiger partial charge in [-0.25, -0.2) is 28.1 Å². The van der Waals surface area contributed by atoms with E-state index in [9.17, 15) is 8.42 Å². The number of aryl methyl sites for hydroxylation is 1. The molecular formula is C22H27N5O3S. The molecule has 0 bridgehead atoms. The van der Waals surface area contributed by atoms with Gasteiger partial charge in [-0.3, -0.25) is 0 Å². The molecule has 0 aliphatic carbocycles. The Morgan fingerprint density at radius 3 is 2.61 bits per heavy atom. The minimum absolute atomic E-state index is 0.334. The number of ether oxygens (including phenoxy) is 1. The number of hydrogen-bond acceptors (Lipinski definition) is 7. The zero-order valence-electron chi connectivity index (χ0n) is 18.0. The van der Waals surface area contributed by atoms with E-state index in [4.69, 9.17) is 4.74 Å². The molecule has 1 saturated heterocycles. The van der Waals surface area contributed by atoms with E-state index in [1.165, 1.54) is 6.26 Å². The highest BCUT2D eigenvalue weighted by Gasteiger charge is 2.23. The van der Waals surface area contributed by atoms with Crippen LogP contribution in [0.4, 0.5) is 5.82 Å². The third-order valence-corrected chi connectivity index (χ3v) is 6.42. The third kappa shape index (κ3) is 4.94. The van der Waals surface area contributed by atoms with Crippen molar-refractivity contribution in [2.75, 3.05) is 37.9 Å². The maximum Gasteiger partial charge on any atom is 0.213 e. The molecule has 1 aliphatic heterocycles. The monoisotopic (exact) mass is 441 g/mol. The summed E-state index contributed by atoms with van der Waals surface area (Å²) in [5.41, 5.74) is 4.11. The molecular weight excluding hydrogens is 414 g/mol. The van der Waals surface area contributed by atoms with Crippen molar-refractivity contribution in [3.8, 4) is 17.0 Å². The molecule has 1 fully saturated rings. The van der Waals surface area contributed by atoms with Crippen LogP contribution < -0.4 is 14.4 Å². The van der Waals surface area contributed by atoms with Gasteiger partial charge >= 0.3 is 0 Å². The number of rotatable bonds is 6. The molecule has 3 heterocycles. The Balaban J connectivity index is 1.62. The summed E-state index contributed by atoms with van der Waals surface area (Å²) in [7, 11) is -1.55. The average Bonchev–Trinajstić information content (AvgIpc) is 2.77. The van der Waals surface area contributed by atoms with E-state index in [1.54, 1.807) is 19.6 Å². The van der Waals surface area contributed by atoms with Crippen LogP contribution in [0.25, 0.3) is 22.0 Å². The van der Waals surface area contributed by atoms with Crippen molar-refractivity contribution in [3.05, 3.63) is 42.4 Å². The number of sulfonamides is 1. The van der Waals surface area contributed by atoms with Crippen LogP contribution in [-0.4, -0.2) is 56.4 Å². The Bertz CT molecular complexity index is 1190. The van der Waals surface area contributed by atoms with Crippen molar-refractivity contribution >= 4 is 26.7 Å². The number of aromatic nitrogens is 3. The molecule has 0 amide bonds. The van der Waals surface area contributed by atoms with Gasteiger partial charge in [0.25, 0.3) is 0 Å². The van der Waals surface area contributed by atoms with Gasteiger partial charge in [0.05, 0.1) is 18.9 Å². The number of fused-ring (bicyclic) bond motifs is 1. The Hall–Kier alpha value is -2.78. The lowest BCUT2D eigenvalue weighted by atomic mass is 9.96. The van der Waals surface area contributed by atoms with Crippen LogP contribution >= 0.6 is 0 Å². The normalized spacial score (nSPS) is 15.4. The van der Waals surface area contributed by atoms with Crippen LogP contribution in [0.1, 0.15) is 18.4 Å². The van der Waals surface area contributed by atoms with Gasteiger partial charge in [-0.1, -0.05) is 0 Å². The molecule has 0 atom stereocenters. The van der Waals surface area contributed by atoms with E-state index in [0.29, 0.717) is 18.3 Å². The highest BCUT2D eigenvalue weighted by atomic mass is 32.2. The number of benzene rings is 1. The molecule has 31 heavy (non-hydrogen) atoms. The van der Waals surface area contributed by atoms with Crippen LogP contribution in [0.5, 0.6) is 5.88 Å². The number of anilines is 1. The summed E-state index contributed by atoms with van der Waals surface area (Å²) in [6, 6.07) is 8.14. The van der Waals surface area contributed by atoms with Gasteiger partial charge in [0.15, 0.2) is 0 Å². The van der Waals surface area contributed by atoms with E-state index in [0.717, 1.165) is 59.3 Å². The standard InChI is InChI=1S/C22H27N5O3S/c1-15-10-18(17-4-7-23-20(12-17)30-2)11-19-21(15)24-14-25-22(19)27-8-5-16(6-9-27)13-26-31(3,28)29/h4,7,10-12,14,16,26H,5-6,8-9,13H2,1-3H3. The fraction of sp³-hybridized carbons (Fsp3) is 0.409. The van der Waals surface area contributed by atoms with Crippen LogP contribution in [0.3, 0.4) is 0 Å². The fourth-order valence-electron chi connectivity index (χ4n) is 4.07. The zero-order valence-corrected chi connectivity index (χ0v) is 18.8. The number of methoxy groups -OCH3 is 1. The molecule has 8 nitrogen and oxygen atoms in total. The highest BCUT2D eigenvalue weighted by Crippen LogP contribution is 2.33. The molecule has 2 aromatic heterocycles. The van der Waals surface area contributed by atoms with Gasteiger partial charge in [0, 0.05) is 37.3 Å². The second kappa shape index (κ2) is 8.76. The quantitative estimate of drug-likeness (QED) is 0.628. The minimum Gasteiger partial charge on any atom is -0.481 e. The number of pyridine rings is 1. The largest absolute Gasteiger partial charge is 0.481 e. The second-order valence-electron chi connectivity index (χ2n) is 8.02. The van der Waals surface area contributed by atoms with Crippen molar-refractivity contribution in [1.29, 1.82) is 0 Å². The SMILES string of the molecule is COc1cc(-c2cc(C)c3ncnc(N4CCC(CNS(C)(=O)=O)CC4)c3c2)ccn1. The topological polar surface area (TPSA) is 97.3 Å². The fourth-order valence-corrected chi connectivity index (χ4v) is 4.61. The molecule has 1 N–H and O–H groups in total. The smallest absolute Gasteiger partial charge is 0.213 e. The Morgan fingerprint density at radius 2 is 1.90 bits per heavy atom. The van der Waals surface area contributed by atoms with Crippen molar-refractivity contribution in [2.24, 2.45) is 5.92 Å². The Labute approximate surface area is 182 Å². The van der Waals surface area contributed by atoms with Crippen molar-refractivity contribution < 1.29 is 13.2 Å². The first-order valence-electron chi connectivity index (χ1n) is 10.3. The summed E-state index contributed by atoms with van der Waals surface area (Å²) >= 11 is 0. The van der Waals surface area contributed by atoms with Crippen LogP contribution in [0, 0.1) is 12.8 Å². The van der Waals surface area contributed by atoms with E-state index >= 15 is 0 Å². The lowest BCUT2D eigenvalue weighted by Gasteiger charge is -2.33. The van der Waals surface area contributed by atoms with Crippen molar-refractivity contribution in [1.82, 2.24) is 19.7 Å². The van der Waals surface area contributed by atoms with Gasteiger partial charge < -0.3 is 9.64 Å². The molecule has 0 unspecified atom stereocenters. The van der Waals surface area contributed by atoms with Gasteiger partial charge in [0.2, 0.25) is 15.9 Å². The molecule has 4 rings (SSSR count). The van der Waals surface area contributed by atoms with Crippen molar-refractivity contribution in [2.45, 2.75) is 19.8 Å². The summed E-state index contributed by atoms with van der Waals surface area (Å²) in [5.74, 6) is 1.83. The van der Waals surface area contributed by atoms with Gasteiger partial charge in [-0.2, -0.15) is 0 Å². The molecule has 0 spiro atoms. The Kier molecular flexibility index (Phi) is 6.06. The van der Waals surface area contributed by atoms with E-state index in [-0.39, 0.29) is 0 Å². The molecule has 9 heteroatoms. The number of nitrogens with one attached hydrogen (secondary N) is 1. The van der Waals surface area contributed by atoms with Crippen LogP contribution in [0.2, 0.25) is 0 Å². The molecule has 164 valence electrons. The summed E-state index contributed by atoms with van der Waals surface area (Å²) in [6.07, 6.45) is 6.39. The van der Waals surface area contributed by atoms with Crippen LogP contribution in [0.15, 0.2) is 36.8 Å². The Morgan fingerprint density at radius 1 is 1.13 bits per heavy atom. The van der Waals surface area contributed by atoms with E-state index in [2.05, 4.69) is 43.6 Å². The maximum atomic E-state index is 11.4.